The number of Topliss-reactive ketones (excluding diaryl/α,β-unsaturated/α-hetero) is 1. The lowest BCUT2D eigenvalue weighted by atomic mass is 9.80. The fourth-order valence-electron chi connectivity index (χ4n) is 1.82. The Kier molecular flexibility index (Phi) is 2.01. The van der Waals surface area contributed by atoms with Crippen molar-refractivity contribution in [3.63, 3.8) is 0 Å². The van der Waals surface area contributed by atoms with E-state index in [2.05, 4.69) is 0 Å². The van der Waals surface area contributed by atoms with E-state index in [9.17, 15) is 9.90 Å². The number of rotatable bonds is 1. The van der Waals surface area contributed by atoms with Gasteiger partial charge in [0.15, 0.2) is 11.4 Å². The van der Waals surface area contributed by atoms with Crippen LogP contribution >= 0.6 is 0 Å². The smallest absolute Gasteiger partial charge is 0.166 e. The van der Waals surface area contributed by atoms with Crippen LogP contribution in [0.5, 0.6) is 0 Å². The highest BCUT2D eigenvalue weighted by atomic mass is 16.3. The van der Waals surface area contributed by atoms with E-state index >= 15 is 0 Å². The molecule has 0 saturated carbocycles. The molecule has 0 radical (unpaired) electrons. The van der Waals surface area contributed by atoms with Crippen molar-refractivity contribution in [2.24, 2.45) is 0 Å². The van der Waals surface area contributed by atoms with Crippen LogP contribution < -0.4 is 0 Å². The van der Waals surface area contributed by atoms with E-state index in [4.69, 9.17) is 0 Å². The van der Waals surface area contributed by atoms with Crippen LogP contribution in [0, 0.1) is 0 Å². The van der Waals surface area contributed by atoms with Gasteiger partial charge < -0.3 is 5.11 Å². The molecule has 1 atom stereocenters. The number of benzene rings is 1. The van der Waals surface area contributed by atoms with Crippen molar-refractivity contribution < 1.29 is 9.90 Å². The average Bonchev–Trinajstić information content (AvgIpc) is 2.18. The molecular weight excluding hydrogens is 176 g/mol. The number of hydrogen-bond acceptors (Lipinski definition) is 2. The Labute approximate surface area is 82.9 Å². The maximum absolute atomic E-state index is 11.4. The normalized spacial score (nSPS) is 24.4. The number of carbonyl (C=O) groups is 1. The predicted octanol–water partition coefficient (Wildman–Crippen LogP) is 1.88. The van der Waals surface area contributed by atoms with Crippen molar-refractivity contribution in [3.05, 3.63) is 41.5 Å². The molecular formula is C12H12O2. The Morgan fingerprint density at radius 1 is 1.43 bits per heavy atom. The van der Waals surface area contributed by atoms with E-state index in [0.29, 0.717) is 6.42 Å². The minimum atomic E-state index is -1.31. The fourth-order valence-corrected chi connectivity index (χ4v) is 1.82. The van der Waals surface area contributed by atoms with Gasteiger partial charge >= 0.3 is 0 Å². The van der Waals surface area contributed by atoms with Crippen LogP contribution in [-0.2, 0) is 10.4 Å². The summed E-state index contributed by atoms with van der Waals surface area (Å²) in [7, 11) is 0. The highest BCUT2D eigenvalue weighted by Gasteiger charge is 2.36. The third kappa shape index (κ3) is 1.19. The summed E-state index contributed by atoms with van der Waals surface area (Å²) in [4.78, 5) is 11.4. The van der Waals surface area contributed by atoms with Gasteiger partial charge in [-0.2, -0.15) is 0 Å². The summed E-state index contributed by atoms with van der Waals surface area (Å²) in [6, 6.07) is 7.44. The van der Waals surface area contributed by atoms with Crippen molar-refractivity contribution in [2.75, 3.05) is 0 Å². The van der Waals surface area contributed by atoms with E-state index in [-0.39, 0.29) is 5.78 Å². The molecule has 1 aromatic carbocycles. The quantitative estimate of drug-likeness (QED) is 0.730. The Morgan fingerprint density at radius 3 is 2.86 bits per heavy atom. The van der Waals surface area contributed by atoms with Gasteiger partial charge in [0.25, 0.3) is 0 Å². The second kappa shape index (κ2) is 3.07. The first-order chi connectivity index (χ1) is 6.64. The molecule has 1 aliphatic carbocycles. The first-order valence-electron chi connectivity index (χ1n) is 4.64. The molecule has 1 N–H and O–H groups in total. The predicted molar refractivity (Wildman–Crippen MR) is 54.7 cm³/mol. The van der Waals surface area contributed by atoms with Crippen molar-refractivity contribution in [1.82, 2.24) is 0 Å². The number of fused-ring (bicyclic) bond motifs is 1. The third-order valence-corrected chi connectivity index (χ3v) is 2.70. The Morgan fingerprint density at radius 2 is 2.14 bits per heavy atom. The van der Waals surface area contributed by atoms with Gasteiger partial charge in [0.1, 0.15) is 0 Å². The van der Waals surface area contributed by atoms with Crippen LogP contribution in [0.1, 0.15) is 24.5 Å². The summed E-state index contributed by atoms with van der Waals surface area (Å²) < 4.78 is 0. The van der Waals surface area contributed by atoms with Gasteiger partial charge in [0.05, 0.1) is 0 Å². The van der Waals surface area contributed by atoms with Crippen molar-refractivity contribution in [1.29, 1.82) is 0 Å². The van der Waals surface area contributed by atoms with Gasteiger partial charge in [-0.05, 0) is 18.1 Å². The molecule has 0 unspecified atom stereocenters. The molecule has 0 aliphatic heterocycles. The van der Waals surface area contributed by atoms with Gasteiger partial charge in [-0.3, -0.25) is 4.79 Å². The average molecular weight is 188 g/mol. The molecule has 1 aromatic rings. The van der Waals surface area contributed by atoms with Crippen LogP contribution in [0.2, 0.25) is 0 Å². The molecule has 0 saturated heterocycles. The molecule has 0 aromatic heterocycles. The van der Waals surface area contributed by atoms with Gasteiger partial charge in [-0.1, -0.05) is 36.4 Å². The molecule has 0 amide bonds. The Hall–Kier alpha value is -1.41. The molecule has 14 heavy (non-hydrogen) atoms. The van der Waals surface area contributed by atoms with Crippen LogP contribution in [0.3, 0.4) is 0 Å². The Balaban J connectivity index is 2.61. The van der Waals surface area contributed by atoms with Crippen LogP contribution in [0.4, 0.5) is 0 Å². The van der Waals surface area contributed by atoms with E-state index in [1.54, 1.807) is 6.07 Å². The van der Waals surface area contributed by atoms with Gasteiger partial charge in [0, 0.05) is 6.42 Å². The molecule has 0 fully saturated rings. The molecule has 0 heterocycles. The minimum absolute atomic E-state index is 0.200. The highest BCUT2D eigenvalue weighted by Crippen LogP contribution is 2.33. The number of carbonyl (C=O) groups excluding carboxylic acids is 1. The fraction of sp³-hybridized carbons (Fsp3) is 0.250. The third-order valence-electron chi connectivity index (χ3n) is 2.70. The van der Waals surface area contributed by atoms with Crippen molar-refractivity contribution >= 4 is 11.9 Å². The standard InChI is InChI=1S/C12H12O2/c1-9(13)12(14)8-4-6-10-5-2-3-7-11(10)12/h2-7,14H,8H2,1H3/t12-/m1/s1. The summed E-state index contributed by atoms with van der Waals surface area (Å²) in [6.45, 7) is 1.43. The first kappa shape index (κ1) is 9.16. The van der Waals surface area contributed by atoms with E-state index in [1.165, 1.54) is 6.92 Å². The molecule has 72 valence electrons. The maximum atomic E-state index is 11.4. The number of aliphatic hydroxyl groups is 1. The first-order valence-corrected chi connectivity index (χ1v) is 4.64. The summed E-state index contributed by atoms with van der Waals surface area (Å²) in [5.41, 5.74) is 0.331. The second-order valence-electron chi connectivity index (χ2n) is 3.61. The zero-order valence-corrected chi connectivity index (χ0v) is 8.03. The molecule has 2 nitrogen and oxygen atoms in total. The summed E-state index contributed by atoms with van der Waals surface area (Å²) in [6.07, 6.45) is 4.15. The molecule has 2 heteroatoms. The SMILES string of the molecule is CC(=O)[C@]1(O)CC=Cc2ccccc21. The van der Waals surface area contributed by atoms with Gasteiger partial charge in [-0.25, -0.2) is 0 Å². The lowest BCUT2D eigenvalue weighted by Gasteiger charge is -2.28. The minimum Gasteiger partial charge on any atom is -0.377 e. The summed E-state index contributed by atoms with van der Waals surface area (Å²) in [5.74, 6) is -0.200. The largest absolute Gasteiger partial charge is 0.377 e. The van der Waals surface area contributed by atoms with Crippen molar-refractivity contribution in [2.45, 2.75) is 18.9 Å². The molecule has 1 aliphatic rings. The van der Waals surface area contributed by atoms with Crippen LogP contribution in [0.15, 0.2) is 30.3 Å². The lowest BCUT2D eigenvalue weighted by molar-refractivity contribution is -0.135. The Bertz CT molecular complexity index is 407. The number of ketones is 1. The number of hydrogen-bond donors (Lipinski definition) is 1. The van der Waals surface area contributed by atoms with E-state index in [0.717, 1.165) is 11.1 Å². The monoisotopic (exact) mass is 188 g/mol. The summed E-state index contributed by atoms with van der Waals surface area (Å²) >= 11 is 0. The molecule has 2 rings (SSSR count). The lowest BCUT2D eigenvalue weighted by Crippen LogP contribution is -2.35. The van der Waals surface area contributed by atoms with Gasteiger partial charge in [0.2, 0.25) is 0 Å². The zero-order chi connectivity index (χ0) is 10.2. The van der Waals surface area contributed by atoms with Crippen molar-refractivity contribution in [3.8, 4) is 0 Å². The zero-order valence-electron chi connectivity index (χ0n) is 8.03. The maximum Gasteiger partial charge on any atom is 0.166 e. The molecule has 0 bridgehead atoms. The van der Waals surface area contributed by atoms with Crippen LogP contribution in [-0.4, -0.2) is 10.9 Å². The van der Waals surface area contributed by atoms with Gasteiger partial charge in [-0.15, -0.1) is 0 Å². The molecule has 0 spiro atoms. The highest BCUT2D eigenvalue weighted by molar-refractivity contribution is 5.88. The van der Waals surface area contributed by atoms with E-state index in [1.807, 2.05) is 30.4 Å². The second-order valence-corrected chi connectivity index (χ2v) is 3.61. The van der Waals surface area contributed by atoms with E-state index < -0.39 is 5.60 Å². The topological polar surface area (TPSA) is 37.3 Å². The summed E-state index contributed by atoms with van der Waals surface area (Å²) in [5, 5.41) is 10.2. The van der Waals surface area contributed by atoms with Crippen LogP contribution in [0.25, 0.3) is 6.08 Å².